The molecule has 0 atom stereocenters. The second-order valence-electron chi connectivity index (χ2n) is 4.84. The van der Waals surface area contributed by atoms with Gasteiger partial charge >= 0.3 is 0 Å². The summed E-state index contributed by atoms with van der Waals surface area (Å²) in [5, 5.41) is 5.27. The number of carbonyl (C=O) groups is 2. The molecule has 0 fully saturated rings. The van der Waals surface area contributed by atoms with Crippen LogP contribution < -0.4 is 10.6 Å². The van der Waals surface area contributed by atoms with Crippen molar-refractivity contribution >= 4 is 17.6 Å². The Balaban J connectivity index is 1.72. The third kappa shape index (κ3) is 3.64. The van der Waals surface area contributed by atoms with Crippen LogP contribution in [0, 0.1) is 0 Å². The van der Waals surface area contributed by atoms with E-state index in [4.69, 9.17) is 4.42 Å². The summed E-state index contributed by atoms with van der Waals surface area (Å²) in [5.41, 5.74) is 0.499. The van der Waals surface area contributed by atoms with E-state index in [0.717, 1.165) is 0 Å². The van der Waals surface area contributed by atoms with Crippen LogP contribution in [0.25, 0.3) is 0 Å². The normalized spacial score (nSPS) is 10.2. The Morgan fingerprint density at radius 1 is 0.958 bits per heavy atom. The van der Waals surface area contributed by atoms with Gasteiger partial charge in [-0.1, -0.05) is 18.2 Å². The molecule has 0 radical (unpaired) electrons. The summed E-state index contributed by atoms with van der Waals surface area (Å²) in [4.78, 5) is 32.5. The first-order chi connectivity index (χ1) is 11.7. The topological polar surface area (TPSA) is 97.1 Å². The van der Waals surface area contributed by atoms with Crippen LogP contribution >= 0.6 is 0 Å². The molecule has 0 bridgehead atoms. The Morgan fingerprint density at radius 3 is 2.50 bits per heavy atom. The predicted molar refractivity (Wildman–Crippen MR) is 86.3 cm³/mol. The van der Waals surface area contributed by atoms with Gasteiger partial charge in [0.1, 0.15) is 5.76 Å². The van der Waals surface area contributed by atoms with Gasteiger partial charge in [0.05, 0.1) is 12.8 Å². The number of amides is 2. The van der Waals surface area contributed by atoms with Crippen molar-refractivity contribution in [1.82, 2.24) is 15.3 Å². The van der Waals surface area contributed by atoms with Gasteiger partial charge in [0, 0.05) is 18.0 Å². The van der Waals surface area contributed by atoms with E-state index in [9.17, 15) is 9.59 Å². The van der Waals surface area contributed by atoms with Gasteiger partial charge in [-0.05, 0) is 24.3 Å². The van der Waals surface area contributed by atoms with Crippen molar-refractivity contribution in [3.8, 4) is 0 Å². The Labute approximate surface area is 137 Å². The van der Waals surface area contributed by atoms with E-state index >= 15 is 0 Å². The minimum Gasteiger partial charge on any atom is -0.467 e. The molecule has 0 aliphatic heterocycles. The number of carbonyl (C=O) groups excluding carboxylic acids is 2. The molecule has 24 heavy (non-hydrogen) atoms. The van der Waals surface area contributed by atoms with Crippen LogP contribution in [0.4, 0.5) is 5.82 Å². The Kier molecular flexibility index (Phi) is 4.62. The molecule has 7 nitrogen and oxygen atoms in total. The van der Waals surface area contributed by atoms with Gasteiger partial charge in [0.2, 0.25) is 0 Å². The van der Waals surface area contributed by atoms with Crippen molar-refractivity contribution < 1.29 is 14.0 Å². The number of anilines is 1. The van der Waals surface area contributed by atoms with Gasteiger partial charge in [0.15, 0.2) is 11.5 Å². The lowest BCUT2D eigenvalue weighted by molar-refractivity contribution is 0.0943. The third-order valence-electron chi connectivity index (χ3n) is 3.18. The Bertz CT molecular complexity index is 832. The highest BCUT2D eigenvalue weighted by Crippen LogP contribution is 2.11. The van der Waals surface area contributed by atoms with Gasteiger partial charge in [-0.3, -0.25) is 9.59 Å². The lowest BCUT2D eigenvalue weighted by Gasteiger charge is -2.09. The van der Waals surface area contributed by atoms with E-state index in [1.54, 1.807) is 36.4 Å². The number of aromatic nitrogens is 2. The average Bonchev–Trinajstić information content (AvgIpc) is 3.14. The molecule has 2 amide bonds. The minimum atomic E-state index is -0.456. The lowest BCUT2D eigenvalue weighted by atomic mass is 10.2. The van der Waals surface area contributed by atoms with Crippen molar-refractivity contribution in [2.75, 3.05) is 5.32 Å². The number of nitrogens with zero attached hydrogens (tertiary/aromatic N) is 2. The predicted octanol–water partition coefficient (Wildman–Crippen LogP) is 2.25. The van der Waals surface area contributed by atoms with E-state index in [1.807, 2.05) is 6.07 Å². The van der Waals surface area contributed by atoms with Crippen molar-refractivity contribution in [3.05, 3.63) is 78.1 Å². The Morgan fingerprint density at radius 2 is 1.75 bits per heavy atom. The standard InChI is InChI=1S/C17H14N4O3/c22-16(12-5-2-1-3-6-12)21-15-14(18-8-9-19-15)17(23)20-11-13-7-4-10-24-13/h1-10H,11H2,(H,20,23)(H,19,21,22). The second kappa shape index (κ2) is 7.19. The monoisotopic (exact) mass is 322 g/mol. The quantitative estimate of drug-likeness (QED) is 0.751. The molecular weight excluding hydrogens is 308 g/mol. The molecule has 2 aromatic heterocycles. The average molecular weight is 322 g/mol. The fourth-order valence-electron chi connectivity index (χ4n) is 2.03. The van der Waals surface area contributed by atoms with E-state index in [-0.39, 0.29) is 24.0 Å². The summed E-state index contributed by atoms with van der Waals surface area (Å²) in [7, 11) is 0. The van der Waals surface area contributed by atoms with Crippen LogP contribution in [0.3, 0.4) is 0 Å². The molecule has 2 N–H and O–H groups in total. The smallest absolute Gasteiger partial charge is 0.274 e. The fourth-order valence-corrected chi connectivity index (χ4v) is 2.03. The van der Waals surface area contributed by atoms with Gasteiger partial charge in [0.25, 0.3) is 11.8 Å². The minimum absolute atomic E-state index is 0.0355. The van der Waals surface area contributed by atoms with Crippen LogP contribution in [-0.2, 0) is 6.54 Å². The number of rotatable bonds is 5. The maximum absolute atomic E-state index is 12.3. The van der Waals surface area contributed by atoms with Crippen LogP contribution in [0.1, 0.15) is 26.6 Å². The summed E-state index contributed by atoms with van der Waals surface area (Å²) in [6, 6.07) is 12.1. The van der Waals surface area contributed by atoms with Crippen LogP contribution in [0.15, 0.2) is 65.5 Å². The molecule has 0 saturated carbocycles. The number of nitrogens with one attached hydrogen (secondary N) is 2. The maximum Gasteiger partial charge on any atom is 0.274 e. The maximum atomic E-state index is 12.3. The van der Waals surface area contributed by atoms with Crippen molar-refractivity contribution in [2.24, 2.45) is 0 Å². The number of hydrogen-bond acceptors (Lipinski definition) is 5. The molecule has 1 aromatic carbocycles. The zero-order chi connectivity index (χ0) is 16.8. The summed E-state index contributed by atoms with van der Waals surface area (Å²) >= 11 is 0. The van der Waals surface area contributed by atoms with Crippen LogP contribution in [0.5, 0.6) is 0 Å². The molecular formula is C17H14N4O3. The highest BCUT2D eigenvalue weighted by molar-refractivity contribution is 6.07. The molecule has 0 spiro atoms. The number of hydrogen-bond donors (Lipinski definition) is 2. The van der Waals surface area contributed by atoms with E-state index in [1.165, 1.54) is 18.7 Å². The van der Waals surface area contributed by atoms with Crippen LogP contribution in [-0.4, -0.2) is 21.8 Å². The molecule has 0 unspecified atom stereocenters. The molecule has 3 rings (SSSR count). The van der Waals surface area contributed by atoms with E-state index < -0.39 is 5.91 Å². The third-order valence-corrected chi connectivity index (χ3v) is 3.18. The summed E-state index contributed by atoms with van der Waals surface area (Å²) in [6.07, 6.45) is 4.32. The second-order valence-corrected chi connectivity index (χ2v) is 4.84. The first kappa shape index (κ1) is 15.4. The highest BCUT2D eigenvalue weighted by atomic mass is 16.3. The van der Waals surface area contributed by atoms with Crippen molar-refractivity contribution in [3.63, 3.8) is 0 Å². The molecule has 2 heterocycles. The zero-order valence-electron chi connectivity index (χ0n) is 12.6. The Hall–Kier alpha value is -3.48. The molecule has 0 saturated heterocycles. The summed E-state index contributed by atoms with van der Waals surface area (Å²) < 4.78 is 5.15. The lowest BCUT2D eigenvalue weighted by Crippen LogP contribution is -2.26. The number of furan rings is 1. The van der Waals surface area contributed by atoms with Gasteiger partial charge < -0.3 is 15.1 Å². The highest BCUT2D eigenvalue weighted by Gasteiger charge is 2.17. The summed E-state index contributed by atoms with van der Waals surface area (Å²) in [6.45, 7) is 0.217. The van der Waals surface area contributed by atoms with Gasteiger partial charge in [-0.15, -0.1) is 0 Å². The molecule has 7 heteroatoms. The van der Waals surface area contributed by atoms with E-state index in [2.05, 4.69) is 20.6 Å². The first-order valence-corrected chi connectivity index (χ1v) is 7.22. The summed E-state index contributed by atoms with van der Waals surface area (Å²) in [5.74, 6) is -0.107. The van der Waals surface area contributed by atoms with Gasteiger partial charge in [-0.25, -0.2) is 9.97 Å². The molecule has 3 aromatic rings. The fraction of sp³-hybridized carbons (Fsp3) is 0.0588. The van der Waals surface area contributed by atoms with Gasteiger partial charge in [-0.2, -0.15) is 0 Å². The molecule has 0 aliphatic rings. The van der Waals surface area contributed by atoms with E-state index in [0.29, 0.717) is 11.3 Å². The van der Waals surface area contributed by atoms with Crippen LogP contribution in [0.2, 0.25) is 0 Å². The van der Waals surface area contributed by atoms with Crippen molar-refractivity contribution in [2.45, 2.75) is 6.54 Å². The molecule has 0 aliphatic carbocycles. The SMILES string of the molecule is O=C(Nc1nccnc1C(=O)NCc1ccco1)c1ccccc1. The zero-order valence-corrected chi connectivity index (χ0v) is 12.6. The molecule has 120 valence electrons. The number of benzene rings is 1. The first-order valence-electron chi connectivity index (χ1n) is 7.22. The largest absolute Gasteiger partial charge is 0.467 e. The van der Waals surface area contributed by atoms with Crippen molar-refractivity contribution in [1.29, 1.82) is 0 Å².